The van der Waals surface area contributed by atoms with E-state index in [0.717, 1.165) is 4.47 Å². The largest absolute Gasteiger partial charge is 0.481 e. The van der Waals surface area contributed by atoms with Crippen molar-refractivity contribution in [2.45, 2.75) is 20.3 Å². The number of aliphatic carboxylic acids is 1. The molecule has 0 unspecified atom stereocenters. The lowest BCUT2D eigenvalue weighted by molar-refractivity contribution is -0.137. The predicted octanol–water partition coefficient (Wildman–Crippen LogP) is 3.08. The molecule has 0 aliphatic carbocycles. The number of hydrogen-bond acceptors (Lipinski definition) is 3. The summed E-state index contributed by atoms with van der Waals surface area (Å²) >= 11 is 4.69. The van der Waals surface area contributed by atoms with Crippen LogP contribution in [0, 0.1) is 5.92 Å². The van der Waals surface area contributed by atoms with Crippen molar-refractivity contribution in [1.29, 1.82) is 0 Å². The number of thiophene rings is 1. The monoisotopic (exact) mass is 333 g/mol. The van der Waals surface area contributed by atoms with Crippen LogP contribution in [0.5, 0.6) is 0 Å². The number of carboxylic acid groups (broad SMARTS) is 1. The van der Waals surface area contributed by atoms with Crippen molar-refractivity contribution >= 4 is 39.1 Å². The van der Waals surface area contributed by atoms with Crippen LogP contribution in [0.2, 0.25) is 0 Å². The van der Waals surface area contributed by atoms with Gasteiger partial charge in [0.1, 0.15) is 4.88 Å². The lowest BCUT2D eigenvalue weighted by Crippen LogP contribution is -2.35. The van der Waals surface area contributed by atoms with E-state index in [1.54, 1.807) is 4.90 Å². The summed E-state index contributed by atoms with van der Waals surface area (Å²) in [5.74, 6) is -0.685. The Labute approximate surface area is 119 Å². The molecule has 0 fully saturated rings. The summed E-state index contributed by atoms with van der Waals surface area (Å²) in [4.78, 5) is 25.1. The van der Waals surface area contributed by atoms with Crippen LogP contribution in [-0.2, 0) is 4.79 Å². The first-order chi connectivity index (χ1) is 8.41. The van der Waals surface area contributed by atoms with Gasteiger partial charge in [-0.3, -0.25) is 9.59 Å². The van der Waals surface area contributed by atoms with Crippen molar-refractivity contribution in [2.24, 2.45) is 5.92 Å². The molecule has 1 rings (SSSR count). The number of carbonyl (C=O) groups is 2. The van der Waals surface area contributed by atoms with Crippen LogP contribution < -0.4 is 0 Å². The Hall–Kier alpha value is -0.880. The third-order valence-electron chi connectivity index (χ3n) is 2.28. The summed E-state index contributed by atoms with van der Waals surface area (Å²) in [6.45, 7) is 4.82. The maximum absolute atomic E-state index is 12.3. The topological polar surface area (TPSA) is 57.6 Å². The molecule has 0 bridgehead atoms. The standard InChI is InChI=1S/C12H16BrNO3S/c1-8(2)7-14(5-3-10(15)16)12(17)11-9(13)4-6-18-11/h4,6,8H,3,5,7H2,1-2H3,(H,15,16). The molecule has 100 valence electrons. The van der Waals surface area contributed by atoms with Crippen molar-refractivity contribution in [3.8, 4) is 0 Å². The van der Waals surface area contributed by atoms with Gasteiger partial charge in [0.25, 0.3) is 5.91 Å². The van der Waals surface area contributed by atoms with Gasteiger partial charge >= 0.3 is 5.97 Å². The van der Waals surface area contributed by atoms with E-state index < -0.39 is 5.97 Å². The van der Waals surface area contributed by atoms with Gasteiger partial charge in [-0.25, -0.2) is 0 Å². The fourth-order valence-corrected chi connectivity index (χ4v) is 3.04. The maximum Gasteiger partial charge on any atom is 0.305 e. The smallest absolute Gasteiger partial charge is 0.305 e. The molecule has 1 N–H and O–H groups in total. The highest BCUT2D eigenvalue weighted by molar-refractivity contribution is 9.10. The van der Waals surface area contributed by atoms with E-state index in [1.165, 1.54) is 11.3 Å². The molecule has 18 heavy (non-hydrogen) atoms. The van der Waals surface area contributed by atoms with Crippen LogP contribution in [-0.4, -0.2) is 35.0 Å². The Bertz CT molecular complexity index is 431. The molecule has 0 spiro atoms. The molecule has 0 saturated carbocycles. The Balaban J connectivity index is 2.78. The first-order valence-corrected chi connectivity index (χ1v) is 7.33. The normalized spacial score (nSPS) is 10.7. The Morgan fingerprint density at radius 1 is 1.50 bits per heavy atom. The molecular formula is C12H16BrNO3S. The minimum absolute atomic E-state index is 0.0263. The highest BCUT2D eigenvalue weighted by atomic mass is 79.9. The van der Waals surface area contributed by atoms with Crippen LogP contribution in [0.4, 0.5) is 0 Å². The van der Waals surface area contributed by atoms with Crippen LogP contribution in [0.1, 0.15) is 29.9 Å². The third kappa shape index (κ3) is 4.42. The number of nitrogens with zero attached hydrogens (tertiary/aromatic N) is 1. The minimum atomic E-state index is -0.887. The fraction of sp³-hybridized carbons (Fsp3) is 0.500. The minimum Gasteiger partial charge on any atom is -0.481 e. The first kappa shape index (κ1) is 15.2. The number of carboxylic acids is 1. The summed E-state index contributed by atoms with van der Waals surface area (Å²) in [6, 6.07) is 1.82. The van der Waals surface area contributed by atoms with E-state index in [1.807, 2.05) is 25.3 Å². The Morgan fingerprint density at radius 3 is 2.61 bits per heavy atom. The second-order valence-corrected chi connectivity index (χ2v) is 6.16. The van der Waals surface area contributed by atoms with Crippen molar-refractivity contribution in [3.05, 3.63) is 20.8 Å². The average molecular weight is 334 g/mol. The van der Waals surface area contributed by atoms with Crippen molar-refractivity contribution in [2.75, 3.05) is 13.1 Å². The molecule has 1 aromatic heterocycles. The van der Waals surface area contributed by atoms with Gasteiger partial charge in [0, 0.05) is 17.6 Å². The zero-order valence-electron chi connectivity index (χ0n) is 10.4. The SMILES string of the molecule is CC(C)CN(CCC(=O)O)C(=O)c1sccc1Br. The van der Waals surface area contributed by atoms with Crippen molar-refractivity contribution in [3.63, 3.8) is 0 Å². The molecule has 0 aliphatic rings. The molecule has 0 aliphatic heterocycles. The molecule has 1 aromatic rings. The molecule has 1 heterocycles. The van der Waals surface area contributed by atoms with Crippen molar-refractivity contribution < 1.29 is 14.7 Å². The fourth-order valence-electron chi connectivity index (χ4n) is 1.54. The van der Waals surface area contributed by atoms with Gasteiger partial charge in [0.2, 0.25) is 0 Å². The van der Waals surface area contributed by atoms with E-state index in [9.17, 15) is 9.59 Å². The van der Waals surface area contributed by atoms with Gasteiger partial charge in [-0.15, -0.1) is 11.3 Å². The zero-order chi connectivity index (χ0) is 13.7. The lowest BCUT2D eigenvalue weighted by Gasteiger charge is -2.23. The molecule has 6 heteroatoms. The molecule has 4 nitrogen and oxygen atoms in total. The van der Waals surface area contributed by atoms with E-state index in [-0.39, 0.29) is 18.9 Å². The van der Waals surface area contributed by atoms with Crippen LogP contribution in [0.25, 0.3) is 0 Å². The highest BCUT2D eigenvalue weighted by Crippen LogP contribution is 2.24. The average Bonchev–Trinajstić information content (AvgIpc) is 2.69. The van der Waals surface area contributed by atoms with Gasteiger partial charge < -0.3 is 10.0 Å². The summed E-state index contributed by atoms with van der Waals surface area (Å²) in [5.41, 5.74) is 0. The van der Waals surface area contributed by atoms with Gasteiger partial charge in [0.05, 0.1) is 6.42 Å². The van der Waals surface area contributed by atoms with E-state index in [4.69, 9.17) is 5.11 Å². The van der Waals surface area contributed by atoms with Crippen LogP contribution >= 0.6 is 27.3 Å². The van der Waals surface area contributed by atoms with Gasteiger partial charge in [-0.1, -0.05) is 13.8 Å². The molecule has 0 saturated heterocycles. The highest BCUT2D eigenvalue weighted by Gasteiger charge is 2.20. The quantitative estimate of drug-likeness (QED) is 0.870. The molecule has 0 atom stereocenters. The zero-order valence-corrected chi connectivity index (χ0v) is 12.8. The third-order valence-corrected chi connectivity index (χ3v) is 4.11. The summed E-state index contributed by atoms with van der Waals surface area (Å²) < 4.78 is 0.765. The number of carbonyl (C=O) groups excluding carboxylic acids is 1. The molecular weight excluding hydrogens is 318 g/mol. The summed E-state index contributed by atoms with van der Waals surface area (Å²) in [6.07, 6.45) is -0.0263. The lowest BCUT2D eigenvalue weighted by atomic mass is 10.2. The second-order valence-electron chi connectivity index (χ2n) is 4.39. The van der Waals surface area contributed by atoms with Crippen molar-refractivity contribution in [1.82, 2.24) is 4.90 Å². The Morgan fingerprint density at radius 2 is 2.17 bits per heavy atom. The number of halogens is 1. The van der Waals surface area contributed by atoms with Crippen LogP contribution in [0.3, 0.4) is 0 Å². The number of hydrogen-bond donors (Lipinski definition) is 1. The number of amides is 1. The second kappa shape index (κ2) is 6.89. The van der Waals surface area contributed by atoms with Gasteiger partial charge in [-0.05, 0) is 33.3 Å². The first-order valence-electron chi connectivity index (χ1n) is 5.66. The van der Waals surface area contributed by atoms with Gasteiger partial charge in [0.15, 0.2) is 0 Å². The van der Waals surface area contributed by atoms with E-state index in [0.29, 0.717) is 17.3 Å². The molecule has 0 aromatic carbocycles. The maximum atomic E-state index is 12.3. The Kier molecular flexibility index (Phi) is 5.81. The number of rotatable bonds is 6. The van der Waals surface area contributed by atoms with E-state index >= 15 is 0 Å². The van der Waals surface area contributed by atoms with Crippen LogP contribution in [0.15, 0.2) is 15.9 Å². The molecule has 0 radical (unpaired) electrons. The van der Waals surface area contributed by atoms with Gasteiger partial charge in [-0.2, -0.15) is 0 Å². The van der Waals surface area contributed by atoms with E-state index in [2.05, 4.69) is 15.9 Å². The summed E-state index contributed by atoms with van der Waals surface area (Å²) in [7, 11) is 0. The molecule has 1 amide bonds. The summed E-state index contributed by atoms with van der Waals surface area (Å²) in [5, 5.41) is 10.6. The predicted molar refractivity (Wildman–Crippen MR) is 75.0 cm³/mol.